The van der Waals surface area contributed by atoms with Crippen LogP contribution in [-0.2, 0) is 23.7 Å². The molecule has 2 fully saturated rings. The Hall–Kier alpha value is -3.47. The number of carbonyl (C=O) groups excluding carboxylic acids is 1. The second-order valence-electron chi connectivity index (χ2n) is 9.53. The lowest BCUT2D eigenvalue weighted by Crippen LogP contribution is -2.60. The Bertz CT molecular complexity index is 1150. The number of hydrogen-bond donors (Lipinski definition) is 8. The number of phenolic OH excluding ortho intramolecular Hbond substituents is 1. The summed E-state index contributed by atoms with van der Waals surface area (Å²) in [5.74, 6) is -7.29. The highest BCUT2D eigenvalue weighted by Gasteiger charge is 2.52. The minimum absolute atomic E-state index is 0.0608. The number of rotatable bonds is 8. The quantitative estimate of drug-likeness (QED) is 0.137. The van der Waals surface area contributed by atoms with E-state index < -0.39 is 102 Å². The summed E-state index contributed by atoms with van der Waals surface area (Å²) in [7, 11) is 0. The summed E-state index contributed by atoms with van der Waals surface area (Å²) in [5, 5.41) is 78.4. The Morgan fingerprint density at radius 1 is 0.897 bits per heavy atom. The predicted molar refractivity (Wildman–Crippen MR) is 122 cm³/mol. The molecule has 4 rings (SSSR count). The van der Waals surface area contributed by atoms with Crippen LogP contribution < -0.4 is 0 Å². The number of aromatic hydroxyl groups is 2. The molecular weight excluding hydrogens is 528 g/mol. The topological polar surface area (TPSA) is 250 Å². The maximum Gasteiger partial charge on any atom is 0.342 e. The smallest absolute Gasteiger partial charge is 0.342 e. The second-order valence-corrected chi connectivity index (χ2v) is 9.53. The van der Waals surface area contributed by atoms with Crippen LogP contribution in [0.4, 0.5) is 0 Å². The lowest BCUT2D eigenvalue weighted by molar-refractivity contribution is -0.342. The van der Waals surface area contributed by atoms with Gasteiger partial charge in [0.2, 0.25) is 6.29 Å². The summed E-state index contributed by atoms with van der Waals surface area (Å²) in [6.45, 7) is -1.01. The second kappa shape index (κ2) is 11.3. The van der Waals surface area contributed by atoms with Gasteiger partial charge in [-0.25, -0.2) is 14.4 Å². The number of aliphatic hydroxyl groups is 4. The van der Waals surface area contributed by atoms with Gasteiger partial charge in [0.15, 0.2) is 6.29 Å². The van der Waals surface area contributed by atoms with Crippen molar-refractivity contribution in [2.24, 2.45) is 17.8 Å². The molecule has 2 aliphatic heterocycles. The number of carbonyl (C=O) groups is 3. The first-order valence-corrected chi connectivity index (χ1v) is 12.0. The van der Waals surface area contributed by atoms with Gasteiger partial charge in [-0.2, -0.15) is 0 Å². The Morgan fingerprint density at radius 2 is 1.56 bits per heavy atom. The Morgan fingerprint density at radius 3 is 2.21 bits per heavy atom. The van der Waals surface area contributed by atoms with E-state index in [4.69, 9.17) is 24.1 Å². The minimum Gasteiger partial charge on any atom is -0.507 e. The largest absolute Gasteiger partial charge is 0.507 e. The molecule has 1 aliphatic carbocycles. The average molecular weight is 556 g/mol. The molecule has 0 aromatic heterocycles. The zero-order valence-corrected chi connectivity index (χ0v) is 20.2. The maximum absolute atomic E-state index is 12.6. The number of aliphatic hydroxyl groups excluding tert-OH is 4. The molecule has 8 N–H and O–H groups in total. The SMILES string of the molecule is O=C(O)C1=CO[C@@H](O[C@@H]2O[C@H](CO)[C@@H](O)[C@H](O)[C@H]2O)C2C(COC(=O)c3cc(O)c(C(=O)O)cc3O)CCC12. The molecule has 39 heavy (non-hydrogen) atoms. The number of carboxylic acids is 2. The normalized spacial score (nSPS) is 33.9. The molecule has 1 aromatic rings. The Labute approximate surface area is 220 Å². The van der Waals surface area contributed by atoms with Crippen LogP contribution in [-0.4, -0.2) is 109 Å². The van der Waals surface area contributed by atoms with Crippen molar-refractivity contribution < 1.29 is 74.2 Å². The van der Waals surface area contributed by atoms with Crippen molar-refractivity contribution in [3.8, 4) is 11.5 Å². The third-order valence-corrected chi connectivity index (χ3v) is 7.26. The highest BCUT2D eigenvalue weighted by Crippen LogP contribution is 2.47. The van der Waals surface area contributed by atoms with Crippen molar-refractivity contribution in [2.45, 2.75) is 49.8 Å². The van der Waals surface area contributed by atoms with Crippen molar-refractivity contribution in [1.29, 1.82) is 0 Å². The van der Waals surface area contributed by atoms with E-state index in [1.807, 2.05) is 0 Å². The summed E-state index contributed by atoms with van der Waals surface area (Å²) < 4.78 is 21.9. The maximum atomic E-state index is 12.6. The van der Waals surface area contributed by atoms with Crippen LogP contribution >= 0.6 is 0 Å². The number of fused-ring (bicyclic) bond motifs is 1. The summed E-state index contributed by atoms with van der Waals surface area (Å²) >= 11 is 0. The van der Waals surface area contributed by atoms with E-state index >= 15 is 0 Å². The number of phenols is 2. The zero-order valence-electron chi connectivity index (χ0n) is 20.2. The van der Waals surface area contributed by atoms with Crippen molar-refractivity contribution in [3.63, 3.8) is 0 Å². The van der Waals surface area contributed by atoms with E-state index in [-0.39, 0.29) is 12.2 Å². The van der Waals surface area contributed by atoms with Crippen LogP contribution in [0.5, 0.6) is 11.5 Å². The van der Waals surface area contributed by atoms with Crippen molar-refractivity contribution in [3.05, 3.63) is 35.1 Å². The van der Waals surface area contributed by atoms with Gasteiger partial charge in [-0.15, -0.1) is 0 Å². The number of ether oxygens (including phenoxy) is 4. The monoisotopic (exact) mass is 556 g/mol. The standard InChI is InChI=1S/C24H28O15/c25-5-15-17(28)18(29)19(30)24(38-15)39-23-16-8(1-2-9(16)12(7-37-23)21(33)34)6-36-22(35)11-4-13(26)10(20(31)32)3-14(11)27/h3-4,7-9,15-19,23-30H,1-2,5-6H2,(H,31,32)(H,33,34)/t8?,9?,15-,16?,17-,18+,19-,23+,24+/m1/s1. The average Bonchev–Trinajstić information content (AvgIpc) is 3.32. The molecular formula is C24H28O15. The number of hydrogen-bond acceptors (Lipinski definition) is 13. The van der Waals surface area contributed by atoms with Crippen LogP contribution in [0.3, 0.4) is 0 Å². The lowest BCUT2D eigenvalue weighted by Gasteiger charge is -2.43. The fourth-order valence-electron chi connectivity index (χ4n) is 5.21. The minimum atomic E-state index is -1.74. The lowest BCUT2D eigenvalue weighted by atomic mass is 9.83. The molecule has 0 bridgehead atoms. The molecule has 2 heterocycles. The molecule has 15 heteroatoms. The molecule has 0 spiro atoms. The van der Waals surface area contributed by atoms with E-state index in [1.165, 1.54) is 0 Å². The molecule has 3 aliphatic rings. The van der Waals surface area contributed by atoms with Crippen molar-refractivity contribution >= 4 is 17.9 Å². The van der Waals surface area contributed by atoms with Gasteiger partial charge >= 0.3 is 17.9 Å². The van der Waals surface area contributed by atoms with Crippen LogP contribution in [0.2, 0.25) is 0 Å². The molecule has 1 saturated heterocycles. The molecule has 1 aromatic carbocycles. The number of esters is 1. The van der Waals surface area contributed by atoms with Gasteiger partial charge in [0.05, 0.1) is 25.0 Å². The third kappa shape index (κ3) is 5.50. The zero-order chi connectivity index (χ0) is 28.6. The fraction of sp³-hybridized carbons (Fsp3) is 0.542. The Kier molecular flexibility index (Phi) is 8.29. The number of carboxylic acid groups (broad SMARTS) is 2. The fourth-order valence-corrected chi connectivity index (χ4v) is 5.21. The number of aromatic carboxylic acids is 1. The van der Waals surface area contributed by atoms with Crippen LogP contribution in [0.1, 0.15) is 33.6 Å². The highest BCUT2D eigenvalue weighted by atomic mass is 16.8. The summed E-state index contributed by atoms with van der Waals surface area (Å²) in [6.07, 6.45) is -7.48. The number of aliphatic carboxylic acids is 1. The first-order valence-electron chi connectivity index (χ1n) is 12.0. The van der Waals surface area contributed by atoms with Gasteiger partial charge < -0.3 is 59.8 Å². The summed E-state index contributed by atoms with van der Waals surface area (Å²) in [5.41, 5.74) is -1.18. The van der Waals surface area contributed by atoms with Gasteiger partial charge in [0.1, 0.15) is 47.0 Å². The van der Waals surface area contributed by atoms with E-state index in [9.17, 15) is 50.1 Å². The van der Waals surface area contributed by atoms with E-state index in [2.05, 4.69) is 0 Å². The summed E-state index contributed by atoms with van der Waals surface area (Å²) in [4.78, 5) is 35.5. The molecule has 15 nitrogen and oxygen atoms in total. The van der Waals surface area contributed by atoms with Crippen LogP contribution in [0.15, 0.2) is 24.0 Å². The van der Waals surface area contributed by atoms with E-state index in [0.29, 0.717) is 18.9 Å². The van der Waals surface area contributed by atoms with Gasteiger partial charge in [-0.05, 0) is 25.0 Å². The molecule has 0 radical (unpaired) electrons. The molecule has 1 saturated carbocycles. The molecule has 9 atom stereocenters. The number of benzene rings is 1. The third-order valence-electron chi connectivity index (χ3n) is 7.26. The van der Waals surface area contributed by atoms with Gasteiger partial charge in [-0.3, -0.25) is 0 Å². The van der Waals surface area contributed by atoms with Crippen LogP contribution in [0, 0.1) is 17.8 Å². The molecule has 214 valence electrons. The Balaban J connectivity index is 1.51. The first-order chi connectivity index (χ1) is 18.4. The summed E-state index contributed by atoms with van der Waals surface area (Å²) in [6, 6.07) is 1.45. The van der Waals surface area contributed by atoms with Crippen molar-refractivity contribution in [1.82, 2.24) is 0 Å². The molecule has 3 unspecified atom stereocenters. The van der Waals surface area contributed by atoms with Crippen molar-refractivity contribution in [2.75, 3.05) is 13.2 Å². The van der Waals surface area contributed by atoms with Crippen LogP contribution in [0.25, 0.3) is 0 Å². The first kappa shape index (κ1) is 28.5. The van der Waals surface area contributed by atoms with Gasteiger partial charge in [-0.1, -0.05) is 0 Å². The van der Waals surface area contributed by atoms with Gasteiger partial charge in [0, 0.05) is 17.8 Å². The predicted octanol–water partition coefficient (Wildman–Crippen LogP) is -1.26. The van der Waals surface area contributed by atoms with E-state index in [0.717, 1.165) is 12.3 Å². The van der Waals surface area contributed by atoms with E-state index in [1.54, 1.807) is 0 Å². The molecule has 0 amide bonds. The van der Waals surface area contributed by atoms with Gasteiger partial charge in [0.25, 0.3) is 0 Å². The highest BCUT2D eigenvalue weighted by molar-refractivity contribution is 5.97.